The zero-order valence-corrected chi connectivity index (χ0v) is 15.1. The third-order valence-electron chi connectivity index (χ3n) is 5.18. The summed E-state index contributed by atoms with van der Waals surface area (Å²) < 4.78 is 11.4. The number of hydrogen-bond donors (Lipinski definition) is 2. The predicted molar refractivity (Wildman–Crippen MR) is 104 cm³/mol. The van der Waals surface area contributed by atoms with Crippen molar-refractivity contribution in [1.29, 1.82) is 0 Å². The van der Waals surface area contributed by atoms with Gasteiger partial charge in [-0.2, -0.15) is 0 Å². The Morgan fingerprint density at radius 3 is 2.58 bits per heavy atom. The standard InChI is InChI=1S/C21H25N3O2/c1-21(15-6-3-2-4-7-15)13-17(14-21)24-20(22)23-16-8-9-18-19(12-16)26-11-5-10-25-18/h2-4,6-9,12,17H,5,10-11,13-14H2,1H3,(H3,22,23,24). The second kappa shape index (κ2) is 6.90. The maximum atomic E-state index is 6.12. The van der Waals surface area contributed by atoms with Crippen molar-refractivity contribution in [2.24, 2.45) is 10.7 Å². The molecule has 0 spiro atoms. The van der Waals surface area contributed by atoms with Crippen LogP contribution in [0.2, 0.25) is 0 Å². The first kappa shape index (κ1) is 16.8. The van der Waals surface area contributed by atoms with Crippen molar-refractivity contribution in [3.05, 3.63) is 54.1 Å². The predicted octanol–water partition coefficient (Wildman–Crippen LogP) is 3.69. The summed E-state index contributed by atoms with van der Waals surface area (Å²) >= 11 is 0. The molecule has 2 aliphatic rings. The Bertz CT molecular complexity index is 798. The lowest BCUT2D eigenvalue weighted by molar-refractivity contribution is 0.229. The molecule has 1 heterocycles. The van der Waals surface area contributed by atoms with Gasteiger partial charge in [-0.3, -0.25) is 0 Å². The van der Waals surface area contributed by atoms with Crippen LogP contribution >= 0.6 is 0 Å². The number of anilines is 1. The van der Waals surface area contributed by atoms with E-state index in [1.165, 1.54) is 5.56 Å². The van der Waals surface area contributed by atoms with E-state index < -0.39 is 0 Å². The summed E-state index contributed by atoms with van der Waals surface area (Å²) in [4.78, 5) is 4.64. The maximum Gasteiger partial charge on any atom is 0.193 e. The normalized spacial score (nSPS) is 25.1. The molecule has 0 bridgehead atoms. The fraction of sp³-hybridized carbons (Fsp3) is 0.381. The molecule has 0 atom stereocenters. The highest BCUT2D eigenvalue weighted by Gasteiger charge is 2.41. The van der Waals surface area contributed by atoms with Crippen LogP contribution in [-0.2, 0) is 5.41 Å². The molecule has 0 radical (unpaired) electrons. The quantitative estimate of drug-likeness (QED) is 0.654. The van der Waals surface area contributed by atoms with E-state index in [0.29, 0.717) is 19.2 Å². The van der Waals surface area contributed by atoms with Crippen molar-refractivity contribution in [2.75, 3.05) is 18.5 Å². The first-order chi connectivity index (χ1) is 12.6. The lowest BCUT2D eigenvalue weighted by Crippen LogP contribution is -2.42. The third-order valence-corrected chi connectivity index (χ3v) is 5.18. The summed E-state index contributed by atoms with van der Waals surface area (Å²) in [5.41, 5.74) is 8.55. The third kappa shape index (κ3) is 3.47. The molecule has 0 saturated heterocycles. The van der Waals surface area contributed by atoms with Gasteiger partial charge in [-0.15, -0.1) is 0 Å². The summed E-state index contributed by atoms with van der Waals surface area (Å²) in [6.07, 6.45) is 2.92. The molecule has 1 fully saturated rings. The maximum absolute atomic E-state index is 6.12. The fourth-order valence-corrected chi connectivity index (χ4v) is 3.77. The van der Waals surface area contributed by atoms with Gasteiger partial charge < -0.3 is 20.5 Å². The highest BCUT2D eigenvalue weighted by Crippen LogP contribution is 2.45. The largest absolute Gasteiger partial charge is 0.490 e. The molecule has 2 aromatic rings. The van der Waals surface area contributed by atoms with Crippen molar-refractivity contribution in [2.45, 2.75) is 37.6 Å². The number of ether oxygens (including phenoxy) is 2. The number of aliphatic imine (C=N–C) groups is 1. The van der Waals surface area contributed by atoms with Crippen LogP contribution in [0.15, 0.2) is 53.5 Å². The van der Waals surface area contributed by atoms with E-state index in [9.17, 15) is 0 Å². The van der Waals surface area contributed by atoms with Gasteiger partial charge in [0.05, 0.1) is 19.3 Å². The topological polar surface area (TPSA) is 68.9 Å². The summed E-state index contributed by atoms with van der Waals surface area (Å²) in [5, 5.41) is 3.17. The van der Waals surface area contributed by atoms with Crippen LogP contribution in [-0.4, -0.2) is 25.2 Å². The monoisotopic (exact) mass is 351 g/mol. The molecule has 1 aliphatic heterocycles. The van der Waals surface area contributed by atoms with Gasteiger partial charge in [0.1, 0.15) is 0 Å². The van der Waals surface area contributed by atoms with Gasteiger partial charge in [-0.1, -0.05) is 37.3 Å². The molecule has 0 amide bonds. The van der Waals surface area contributed by atoms with Crippen LogP contribution < -0.4 is 20.5 Å². The number of nitrogens with zero attached hydrogens (tertiary/aromatic N) is 1. The number of nitrogens with two attached hydrogens (primary N) is 1. The molecule has 1 saturated carbocycles. The zero-order valence-electron chi connectivity index (χ0n) is 15.1. The second-order valence-electron chi connectivity index (χ2n) is 7.34. The number of rotatable bonds is 3. The zero-order chi connectivity index (χ0) is 18.0. The molecule has 26 heavy (non-hydrogen) atoms. The van der Waals surface area contributed by atoms with Crippen LogP contribution in [0, 0.1) is 0 Å². The first-order valence-corrected chi connectivity index (χ1v) is 9.18. The minimum atomic E-state index is 0.199. The number of guanidine groups is 1. The van der Waals surface area contributed by atoms with E-state index in [1.54, 1.807) is 0 Å². The lowest BCUT2D eigenvalue weighted by atomic mass is 9.63. The molecule has 5 nitrogen and oxygen atoms in total. The van der Waals surface area contributed by atoms with Gasteiger partial charge in [-0.25, -0.2) is 4.99 Å². The summed E-state index contributed by atoms with van der Waals surface area (Å²) in [6.45, 7) is 3.65. The summed E-state index contributed by atoms with van der Waals surface area (Å²) in [6, 6.07) is 16.6. The van der Waals surface area contributed by atoms with E-state index in [4.69, 9.17) is 15.2 Å². The molecular formula is C21H25N3O2. The highest BCUT2D eigenvalue weighted by atomic mass is 16.5. The van der Waals surface area contributed by atoms with Crippen LogP contribution in [0.25, 0.3) is 0 Å². The number of hydrogen-bond acceptors (Lipinski definition) is 3. The average Bonchev–Trinajstić information content (AvgIpc) is 2.86. The number of fused-ring (bicyclic) bond motifs is 1. The Labute approximate surface area is 154 Å². The number of nitrogens with one attached hydrogen (secondary N) is 1. The first-order valence-electron chi connectivity index (χ1n) is 9.18. The van der Waals surface area contributed by atoms with Gasteiger partial charge >= 0.3 is 0 Å². The van der Waals surface area contributed by atoms with Crippen LogP contribution in [0.5, 0.6) is 11.5 Å². The van der Waals surface area contributed by atoms with Gasteiger partial charge in [0.25, 0.3) is 0 Å². The molecule has 4 rings (SSSR count). The van der Waals surface area contributed by atoms with Crippen LogP contribution in [0.1, 0.15) is 31.7 Å². The Balaban J connectivity index is 1.38. The van der Waals surface area contributed by atoms with Gasteiger partial charge in [0.15, 0.2) is 17.5 Å². The minimum absolute atomic E-state index is 0.199. The average molecular weight is 351 g/mol. The number of benzene rings is 2. The Kier molecular flexibility index (Phi) is 4.45. The van der Waals surface area contributed by atoms with Crippen molar-refractivity contribution in [1.82, 2.24) is 0 Å². The van der Waals surface area contributed by atoms with E-state index in [-0.39, 0.29) is 11.5 Å². The van der Waals surface area contributed by atoms with Crippen molar-refractivity contribution >= 4 is 11.6 Å². The van der Waals surface area contributed by atoms with Crippen molar-refractivity contribution < 1.29 is 9.47 Å². The minimum Gasteiger partial charge on any atom is -0.490 e. The molecule has 2 aromatic carbocycles. The van der Waals surface area contributed by atoms with Gasteiger partial charge in [0.2, 0.25) is 0 Å². The second-order valence-corrected chi connectivity index (χ2v) is 7.34. The van der Waals surface area contributed by atoms with Gasteiger partial charge in [-0.05, 0) is 36.0 Å². The fourth-order valence-electron chi connectivity index (χ4n) is 3.77. The summed E-state index contributed by atoms with van der Waals surface area (Å²) in [7, 11) is 0. The van der Waals surface area contributed by atoms with Crippen LogP contribution in [0.4, 0.5) is 5.69 Å². The lowest BCUT2D eigenvalue weighted by Gasteiger charge is -2.44. The Hall–Kier alpha value is -2.69. The molecular weight excluding hydrogens is 326 g/mol. The molecule has 0 unspecified atom stereocenters. The van der Waals surface area contributed by atoms with Crippen LogP contribution in [0.3, 0.4) is 0 Å². The van der Waals surface area contributed by atoms with E-state index in [2.05, 4.69) is 47.6 Å². The smallest absolute Gasteiger partial charge is 0.193 e. The van der Waals surface area contributed by atoms with Crippen molar-refractivity contribution in [3.8, 4) is 11.5 Å². The SMILES string of the molecule is CC1(c2ccccc2)CC(N=C(N)Nc2ccc3c(c2)OCCCO3)C1. The molecule has 3 N–H and O–H groups in total. The Morgan fingerprint density at radius 2 is 1.81 bits per heavy atom. The van der Waals surface area contributed by atoms with E-state index >= 15 is 0 Å². The van der Waals surface area contributed by atoms with Gasteiger partial charge in [0, 0.05) is 18.2 Å². The molecule has 5 heteroatoms. The Morgan fingerprint density at radius 1 is 1.08 bits per heavy atom. The van der Waals surface area contributed by atoms with E-state index in [0.717, 1.165) is 36.4 Å². The van der Waals surface area contributed by atoms with E-state index in [1.807, 2.05) is 18.2 Å². The summed E-state index contributed by atoms with van der Waals surface area (Å²) in [5.74, 6) is 1.97. The molecule has 0 aromatic heterocycles. The van der Waals surface area contributed by atoms with Crippen molar-refractivity contribution in [3.63, 3.8) is 0 Å². The highest BCUT2D eigenvalue weighted by molar-refractivity contribution is 5.92. The molecule has 136 valence electrons. The molecule has 1 aliphatic carbocycles.